The van der Waals surface area contributed by atoms with Crippen molar-refractivity contribution in [1.29, 1.82) is 0 Å². The fourth-order valence-electron chi connectivity index (χ4n) is 9.53. The van der Waals surface area contributed by atoms with Gasteiger partial charge in [-0.05, 0) is 116 Å². The lowest BCUT2D eigenvalue weighted by Gasteiger charge is -2.34. The molecule has 2 aromatic heterocycles. The largest absolute Gasteiger partial charge is 0.497 e. The third kappa shape index (κ3) is 9.40. The summed E-state index contributed by atoms with van der Waals surface area (Å²) in [6, 6.07) is 16.3. The highest BCUT2D eigenvalue weighted by Crippen LogP contribution is 2.47. The van der Waals surface area contributed by atoms with Gasteiger partial charge in [-0.1, -0.05) is 65.5 Å². The molecule has 5 aromatic rings. The smallest absolute Gasteiger partial charge is 0.252 e. The molecule has 0 unspecified atom stereocenters. The van der Waals surface area contributed by atoms with E-state index in [1.165, 1.54) is 30.9 Å². The Morgan fingerprint density at radius 3 is 1.60 bits per heavy atom. The second kappa shape index (κ2) is 19.9. The summed E-state index contributed by atoms with van der Waals surface area (Å²) in [7, 11) is 1.67. The van der Waals surface area contributed by atoms with Crippen molar-refractivity contribution in [2.75, 3.05) is 41.3 Å². The monoisotopic (exact) mass is 890 g/mol. The molecular formula is C48H62N10O3S2. The number of aryl methyl sites for hydroxylation is 2. The summed E-state index contributed by atoms with van der Waals surface area (Å²) in [5.41, 5.74) is 14.4. The number of nitrogens with two attached hydrogens (primary N) is 1. The van der Waals surface area contributed by atoms with Gasteiger partial charge in [0, 0.05) is 29.0 Å². The van der Waals surface area contributed by atoms with E-state index in [1.54, 1.807) is 25.2 Å². The van der Waals surface area contributed by atoms with Crippen LogP contribution in [0.2, 0.25) is 0 Å². The number of amides is 2. The van der Waals surface area contributed by atoms with Crippen LogP contribution in [0.4, 0.5) is 34.6 Å². The molecule has 2 spiro atoms. The van der Waals surface area contributed by atoms with E-state index in [9.17, 15) is 9.59 Å². The Morgan fingerprint density at radius 1 is 0.667 bits per heavy atom. The summed E-state index contributed by atoms with van der Waals surface area (Å²) < 4.78 is 5.24. The number of hydrogen-bond acceptors (Lipinski definition) is 13. The first-order valence-electron chi connectivity index (χ1n) is 21.0. The Bertz CT molecular complexity index is 2450. The minimum absolute atomic E-state index is 0. The van der Waals surface area contributed by atoms with Crippen LogP contribution in [0, 0.1) is 13.8 Å². The zero-order valence-electron chi connectivity index (χ0n) is 35.5. The van der Waals surface area contributed by atoms with E-state index in [1.807, 2.05) is 62.8 Å². The van der Waals surface area contributed by atoms with Crippen molar-refractivity contribution >= 4 is 70.0 Å². The van der Waals surface area contributed by atoms with E-state index >= 15 is 0 Å². The Hall–Kier alpha value is -5.54. The molecule has 334 valence electrons. The third-order valence-electron chi connectivity index (χ3n) is 12.5. The summed E-state index contributed by atoms with van der Waals surface area (Å²) in [6.07, 6.45) is 18.1. The van der Waals surface area contributed by atoms with E-state index in [0.29, 0.717) is 18.2 Å². The van der Waals surface area contributed by atoms with E-state index in [4.69, 9.17) is 10.5 Å². The predicted molar refractivity (Wildman–Crippen MR) is 259 cm³/mol. The summed E-state index contributed by atoms with van der Waals surface area (Å²) in [6.45, 7) is 4.65. The highest BCUT2D eigenvalue weighted by atomic mass is 32.2. The number of hydrogen-bond donors (Lipinski definition) is 6. The summed E-state index contributed by atoms with van der Waals surface area (Å²) >= 11 is 3.11. The SMILES string of the molecule is C.C.COc1ccc(CNc2ncnc(Nc3cc(C)c4c(c3)C3(CCCCC3)NC4=O)c2SC)cc1.CSc1c(N)ncnc1Nc1cc(C)c2c(c1)C1(CCCCC1)NC2=O. The summed E-state index contributed by atoms with van der Waals surface area (Å²) in [5, 5.41) is 16.9. The first-order valence-corrected chi connectivity index (χ1v) is 23.4. The zero-order valence-corrected chi connectivity index (χ0v) is 37.1. The van der Waals surface area contributed by atoms with Crippen molar-refractivity contribution in [2.45, 2.75) is 120 Å². The average Bonchev–Trinajstić information content (AvgIpc) is 3.68. The highest BCUT2D eigenvalue weighted by Gasteiger charge is 2.45. The molecule has 0 bridgehead atoms. The number of methoxy groups -OCH3 is 1. The molecule has 2 amide bonds. The van der Waals surface area contributed by atoms with Gasteiger partial charge >= 0.3 is 0 Å². The van der Waals surface area contributed by atoms with Gasteiger partial charge in [0.25, 0.3) is 11.8 Å². The molecule has 7 N–H and O–H groups in total. The van der Waals surface area contributed by atoms with Crippen LogP contribution in [-0.4, -0.2) is 51.4 Å². The van der Waals surface area contributed by atoms with Gasteiger partial charge in [-0.25, -0.2) is 19.9 Å². The van der Waals surface area contributed by atoms with E-state index in [2.05, 4.69) is 58.7 Å². The van der Waals surface area contributed by atoms with Gasteiger partial charge in [-0.15, -0.1) is 23.5 Å². The van der Waals surface area contributed by atoms with Crippen molar-refractivity contribution in [3.05, 3.63) is 100 Å². The van der Waals surface area contributed by atoms with Gasteiger partial charge < -0.3 is 37.1 Å². The van der Waals surface area contributed by atoms with Crippen LogP contribution in [0.25, 0.3) is 0 Å². The number of fused-ring (bicyclic) bond motifs is 4. The Morgan fingerprint density at radius 2 is 1.13 bits per heavy atom. The van der Waals surface area contributed by atoms with Crippen molar-refractivity contribution in [2.24, 2.45) is 0 Å². The molecular weight excluding hydrogens is 829 g/mol. The second-order valence-electron chi connectivity index (χ2n) is 16.3. The Balaban J connectivity index is 0.000000211. The Kier molecular flexibility index (Phi) is 14.8. The maximum Gasteiger partial charge on any atom is 0.252 e. The quantitative estimate of drug-likeness (QED) is 0.0730. The third-order valence-corrected chi connectivity index (χ3v) is 14.1. The number of carbonyl (C=O) groups excluding carboxylic acids is 2. The van der Waals surface area contributed by atoms with Crippen molar-refractivity contribution in [3.8, 4) is 5.75 Å². The number of rotatable bonds is 10. The molecule has 2 fully saturated rings. The van der Waals surface area contributed by atoms with Gasteiger partial charge in [0.15, 0.2) is 0 Å². The lowest BCUT2D eigenvalue weighted by atomic mass is 9.77. The number of thioether (sulfide) groups is 2. The van der Waals surface area contributed by atoms with Gasteiger partial charge in [-0.3, -0.25) is 9.59 Å². The van der Waals surface area contributed by atoms with Gasteiger partial charge in [-0.2, -0.15) is 0 Å². The molecule has 2 aliphatic carbocycles. The topological polar surface area (TPSA) is 181 Å². The van der Waals surface area contributed by atoms with Gasteiger partial charge in [0.2, 0.25) is 0 Å². The molecule has 9 rings (SSSR count). The molecule has 3 aromatic carbocycles. The number of nitrogens with zero attached hydrogens (tertiary/aromatic N) is 4. The lowest BCUT2D eigenvalue weighted by molar-refractivity contribution is 0.0900. The van der Waals surface area contributed by atoms with E-state index in [0.717, 1.165) is 129 Å². The summed E-state index contributed by atoms with van der Waals surface area (Å²) in [5.74, 6) is 3.64. The highest BCUT2D eigenvalue weighted by molar-refractivity contribution is 7.99. The van der Waals surface area contributed by atoms with Crippen LogP contribution in [0.5, 0.6) is 5.75 Å². The number of ether oxygens (including phenoxy) is 1. The molecule has 0 radical (unpaired) electrons. The molecule has 0 saturated heterocycles. The van der Waals surface area contributed by atoms with E-state index < -0.39 is 0 Å². The van der Waals surface area contributed by atoms with Crippen LogP contribution in [0.3, 0.4) is 0 Å². The second-order valence-corrected chi connectivity index (χ2v) is 18.0. The molecule has 4 aliphatic rings. The number of carbonyl (C=O) groups is 2. The molecule has 2 aliphatic heterocycles. The van der Waals surface area contributed by atoms with E-state index in [-0.39, 0.29) is 37.7 Å². The fraction of sp³-hybridized carbons (Fsp3) is 0.417. The number of benzene rings is 3. The maximum atomic E-state index is 12.8. The van der Waals surface area contributed by atoms with Crippen molar-refractivity contribution < 1.29 is 14.3 Å². The van der Waals surface area contributed by atoms with Crippen molar-refractivity contribution in [1.82, 2.24) is 30.6 Å². The Labute approximate surface area is 380 Å². The lowest BCUT2D eigenvalue weighted by Crippen LogP contribution is -2.40. The van der Waals surface area contributed by atoms with Crippen LogP contribution < -0.4 is 37.1 Å². The van der Waals surface area contributed by atoms with Crippen LogP contribution in [0.15, 0.2) is 71.0 Å². The fourth-order valence-corrected chi connectivity index (χ4v) is 10.7. The number of anilines is 6. The minimum Gasteiger partial charge on any atom is -0.497 e. The molecule has 4 heterocycles. The minimum atomic E-state index is -0.230. The first kappa shape index (κ1) is 47.0. The number of nitrogen functional groups attached to an aromatic ring is 1. The van der Waals surface area contributed by atoms with Crippen molar-refractivity contribution in [3.63, 3.8) is 0 Å². The molecule has 15 heteroatoms. The standard InChI is InChI=1S/C27H31N5O2S.C19H23N5OS.2CH4/c1-17-13-19(14-21-22(17)26(33)32-27(21)11-5-4-6-12-27)31-25-23(35-3)24(29-16-30-25)28-15-18-7-9-20(34-2)10-8-18;1-11-8-12(23-17-15(26-2)16(20)21-10-22-17)9-13-14(11)18(25)24-19(13)6-4-3-5-7-19;;/h7-10,13-14,16H,4-6,11-12,15H2,1-3H3,(H,32,33)(H2,28,29,30,31);8-10H,3-7H2,1-2H3,(H,24,25)(H3,20,21,22,23);2*1H4. The molecule has 13 nitrogen and oxygen atoms in total. The summed E-state index contributed by atoms with van der Waals surface area (Å²) in [4.78, 5) is 44.6. The van der Waals surface area contributed by atoms with Crippen LogP contribution in [-0.2, 0) is 17.6 Å². The number of aromatic nitrogens is 4. The van der Waals surface area contributed by atoms with Gasteiger partial charge in [0.1, 0.15) is 41.7 Å². The predicted octanol–water partition coefficient (Wildman–Crippen LogP) is 10.8. The zero-order chi connectivity index (χ0) is 42.7. The number of nitrogens with one attached hydrogen (secondary N) is 5. The van der Waals surface area contributed by atoms with Crippen LogP contribution in [0.1, 0.15) is 128 Å². The molecule has 2 saturated carbocycles. The normalized spacial score (nSPS) is 16.3. The first-order chi connectivity index (χ1) is 29.6. The maximum absolute atomic E-state index is 12.8. The van der Waals surface area contributed by atoms with Gasteiger partial charge in [0.05, 0.1) is 28.0 Å². The molecule has 0 atom stereocenters. The average molecular weight is 891 g/mol. The molecule has 63 heavy (non-hydrogen) atoms. The van der Waals surface area contributed by atoms with Crippen LogP contribution >= 0.6 is 23.5 Å².